The summed E-state index contributed by atoms with van der Waals surface area (Å²) in [6.07, 6.45) is 3.41. The van der Waals surface area contributed by atoms with Crippen LogP contribution >= 0.6 is 0 Å². The van der Waals surface area contributed by atoms with Crippen LogP contribution in [0.4, 0.5) is 0 Å². The molecule has 0 fully saturated rings. The average molecular weight is 254 g/mol. The van der Waals surface area contributed by atoms with Crippen LogP contribution in [0, 0.1) is 13.8 Å². The van der Waals surface area contributed by atoms with Gasteiger partial charge in [-0.2, -0.15) is 0 Å². The molecule has 2 aromatic carbocycles. The Hall–Kier alpha value is -1.76. The number of hydrogen-bond acceptors (Lipinski definition) is 1. The molecule has 0 aliphatic rings. The third-order valence-corrected chi connectivity index (χ3v) is 3.52. The Morgan fingerprint density at radius 1 is 0.842 bits per heavy atom. The summed E-state index contributed by atoms with van der Waals surface area (Å²) in [5.41, 5.74) is 3.96. The molecule has 1 heteroatoms. The number of hydrogen-bond donors (Lipinski definition) is 0. The van der Waals surface area contributed by atoms with Gasteiger partial charge in [-0.25, -0.2) is 0 Å². The minimum atomic E-state index is 0.803. The summed E-state index contributed by atoms with van der Waals surface area (Å²) in [7, 11) is 0. The first-order valence-electron chi connectivity index (χ1n) is 7.00. The third-order valence-electron chi connectivity index (χ3n) is 3.52. The quantitative estimate of drug-likeness (QED) is 0.679. The molecule has 2 rings (SSSR count). The van der Waals surface area contributed by atoms with Crippen LogP contribution in [0.2, 0.25) is 0 Å². The lowest BCUT2D eigenvalue weighted by Gasteiger charge is -2.10. The van der Waals surface area contributed by atoms with E-state index in [0.29, 0.717) is 0 Å². The monoisotopic (exact) mass is 254 g/mol. The second kappa shape index (κ2) is 6.98. The van der Waals surface area contributed by atoms with E-state index in [9.17, 15) is 0 Å². The Kier molecular flexibility index (Phi) is 5.02. The molecule has 0 aliphatic carbocycles. The molecule has 0 aromatic heterocycles. The van der Waals surface area contributed by atoms with Crippen molar-refractivity contribution in [2.24, 2.45) is 0 Å². The highest BCUT2D eigenvalue weighted by molar-refractivity contribution is 5.38. The Labute approximate surface area is 116 Å². The van der Waals surface area contributed by atoms with Crippen LogP contribution in [0.1, 0.15) is 29.5 Å². The molecule has 0 aliphatic heterocycles. The van der Waals surface area contributed by atoms with Crippen molar-refractivity contribution in [2.45, 2.75) is 33.1 Å². The molecule has 0 unspecified atom stereocenters. The predicted octanol–water partition coefficient (Wildman–Crippen LogP) is 4.71. The zero-order valence-electron chi connectivity index (χ0n) is 11.9. The van der Waals surface area contributed by atoms with Gasteiger partial charge in [-0.15, -0.1) is 0 Å². The van der Waals surface area contributed by atoms with Crippen LogP contribution in [-0.2, 0) is 6.42 Å². The molecule has 1 nitrogen and oxygen atoms in total. The fourth-order valence-electron chi connectivity index (χ4n) is 2.14. The smallest absolute Gasteiger partial charge is 0.122 e. The van der Waals surface area contributed by atoms with Gasteiger partial charge in [-0.05, 0) is 55.9 Å². The molecule has 0 spiro atoms. The summed E-state index contributed by atoms with van der Waals surface area (Å²) in [6.45, 7) is 5.04. The predicted molar refractivity (Wildman–Crippen MR) is 80.8 cm³/mol. The van der Waals surface area contributed by atoms with E-state index in [2.05, 4.69) is 62.4 Å². The Bertz CT molecular complexity index is 502. The average Bonchev–Trinajstić information content (AvgIpc) is 2.44. The zero-order chi connectivity index (χ0) is 13.5. The fourth-order valence-corrected chi connectivity index (χ4v) is 2.14. The number of benzene rings is 2. The van der Waals surface area contributed by atoms with Crippen LogP contribution in [0.25, 0.3) is 0 Å². The van der Waals surface area contributed by atoms with E-state index >= 15 is 0 Å². The minimum absolute atomic E-state index is 0.803. The second-order valence-electron chi connectivity index (χ2n) is 4.99. The van der Waals surface area contributed by atoms with Gasteiger partial charge in [0.15, 0.2) is 0 Å². The molecule has 0 N–H and O–H groups in total. The summed E-state index contributed by atoms with van der Waals surface area (Å²) >= 11 is 0. The first-order valence-corrected chi connectivity index (χ1v) is 7.00. The molecule has 0 atom stereocenters. The zero-order valence-corrected chi connectivity index (χ0v) is 11.9. The molecule has 0 amide bonds. The summed E-state index contributed by atoms with van der Waals surface area (Å²) in [4.78, 5) is 0. The molecule has 0 saturated carbocycles. The first-order chi connectivity index (χ1) is 9.27. The van der Waals surface area contributed by atoms with Gasteiger partial charge >= 0.3 is 0 Å². The van der Waals surface area contributed by atoms with Crippen molar-refractivity contribution in [2.75, 3.05) is 6.61 Å². The van der Waals surface area contributed by atoms with E-state index in [0.717, 1.165) is 25.2 Å². The first kappa shape index (κ1) is 13.7. The van der Waals surface area contributed by atoms with Gasteiger partial charge < -0.3 is 4.74 Å². The van der Waals surface area contributed by atoms with Crippen molar-refractivity contribution in [3.8, 4) is 5.75 Å². The number of rotatable bonds is 6. The van der Waals surface area contributed by atoms with E-state index in [1.807, 2.05) is 0 Å². The van der Waals surface area contributed by atoms with Crippen molar-refractivity contribution in [1.82, 2.24) is 0 Å². The van der Waals surface area contributed by atoms with Gasteiger partial charge in [-0.1, -0.05) is 42.5 Å². The summed E-state index contributed by atoms with van der Waals surface area (Å²) in [5.74, 6) is 1.03. The Balaban J connectivity index is 1.71. The van der Waals surface area contributed by atoms with Crippen molar-refractivity contribution < 1.29 is 4.74 Å². The van der Waals surface area contributed by atoms with E-state index in [4.69, 9.17) is 4.74 Å². The third kappa shape index (κ3) is 4.13. The van der Waals surface area contributed by atoms with Gasteiger partial charge in [0.05, 0.1) is 6.61 Å². The Morgan fingerprint density at radius 2 is 1.63 bits per heavy atom. The van der Waals surface area contributed by atoms with Crippen LogP contribution in [0.15, 0.2) is 48.5 Å². The molecule has 2 aromatic rings. The maximum atomic E-state index is 5.86. The molecular weight excluding hydrogens is 232 g/mol. The van der Waals surface area contributed by atoms with Crippen molar-refractivity contribution in [3.05, 3.63) is 65.2 Å². The van der Waals surface area contributed by atoms with Gasteiger partial charge in [-0.3, -0.25) is 0 Å². The van der Waals surface area contributed by atoms with Crippen molar-refractivity contribution >= 4 is 0 Å². The van der Waals surface area contributed by atoms with E-state index in [1.165, 1.54) is 23.1 Å². The van der Waals surface area contributed by atoms with Crippen LogP contribution in [0.5, 0.6) is 5.75 Å². The fraction of sp³-hybridized carbons (Fsp3) is 0.333. The summed E-state index contributed by atoms with van der Waals surface area (Å²) in [5, 5.41) is 0. The normalized spacial score (nSPS) is 10.4. The van der Waals surface area contributed by atoms with Crippen LogP contribution < -0.4 is 4.74 Å². The number of aryl methyl sites for hydroxylation is 2. The minimum Gasteiger partial charge on any atom is -0.493 e. The SMILES string of the molecule is Cc1cccc(OCCCCc2ccccc2)c1C. The molecule has 100 valence electrons. The lowest BCUT2D eigenvalue weighted by molar-refractivity contribution is 0.305. The largest absolute Gasteiger partial charge is 0.493 e. The molecule has 0 saturated heterocycles. The maximum absolute atomic E-state index is 5.86. The molecule has 0 radical (unpaired) electrons. The highest BCUT2D eigenvalue weighted by Gasteiger charge is 2.01. The van der Waals surface area contributed by atoms with Gasteiger partial charge in [0.25, 0.3) is 0 Å². The van der Waals surface area contributed by atoms with Crippen molar-refractivity contribution in [3.63, 3.8) is 0 Å². The maximum Gasteiger partial charge on any atom is 0.122 e. The molecule has 19 heavy (non-hydrogen) atoms. The number of unbranched alkanes of at least 4 members (excludes halogenated alkanes) is 1. The van der Waals surface area contributed by atoms with Crippen LogP contribution in [-0.4, -0.2) is 6.61 Å². The standard InChI is InChI=1S/C18H22O/c1-15-9-8-13-18(16(15)2)19-14-7-6-12-17-10-4-3-5-11-17/h3-5,8-11,13H,6-7,12,14H2,1-2H3. The topological polar surface area (TPSA) is 9.23 Å². The lowest BCUT2D eigenvalue weighted by Crippen LogP contribution is -2.00. The second-order valence-corrected chi connectivity index (χ2v) is 4.99. The van der Waals surface area contributed by atoms with Gasteiger partial charge in [0.2, 0.25) is 0 Å². The molecular formula is C18H22O. The molecule has 0 bridgehead atoms. The van der Waals surface area contributed by atoms with E-state index in [-0.39, 0.29) is 0 Å². The van der Waals surface area contributed by atoms with Gasteiger partial charge in [0.1, 0.15) is 5.75 Å². The van der Waals surface area contributed by atoms with Crippen molar-refractivity contribution in [1.29, 1.82) is 0 Å². The summed E-state index contributed by atoms with van der Waals surface area (Å²) in [6, 6.07) is 16.9. The Morgan fingerprint density at radius 3 is 2.42 bits per heavy atom. The molecule has 0 heterocycles. The lowest BCUT2D eigenvalue weighted by atomic mass is 10.1. The van der Waals surface area contributed by atoms with Gasteiger partial charge in [0, 0.05) is 0 Å². The van der Waals surface area contributed by atoms with Crippen LogP contribution in [0.3, 0.4) is 0 Å². The van der Waals surface area contributed by atoms with E-state index < -0.39 is 0 Å². The summed E-state index contributed by atoms with van der Waals surface area (Å²) < 4.78 is 5.86. The van der Waals surface area contributed by atoms with E-state index in [1.54, 1.807) is 0 Å². The highest BCUT2D eigenvalue weighted by atomic mass is 16.5. The highest BCUT2D eigenvalue weighted by Crippen LogP contribution is 2.20. The number of ether oxygens (including phenoxy) is 1.